The normalized spacial score (nSPS) is 14.9. The molecule has 2 atom stereocenters. The predicted octanol–water partition coefficient (Wildman–Crippen LogP) is 3.11. The Labute approximate surface area is 146 Å². The van der Waals surface area contributed by atoms with Crippen LogP contribution in [-0.4, -0.2) is 33.8 Å². The van der Waals surface area contributed by atoms with E-state index in [9.17, 15) is 10.1 Å². The van der Waals surface area contributed by atoms with Crippen molar-refractivity contribution in [1.82, 2.24) is 15.3 Å². The number of imidazole rings is 1. The van der Waals surface area contributed by atoms with Crippen molar-refractivity contribution in [2.75, 3.05) is 7.11 Å². The van der Waals surface area contributed by atoms with Crippen LogP contribution < -0.4 is 10.1 Å². The average molecular weight is 346 g/mol. The van der Waals surface area contributed by atoms with Crippen LogP contribution in [0.25, 0.3) is 11.0 Å². The minimum Gasteiger partial charge on any atom is -0.497 e. The van der Waals surface area contributed by atoms with Crippen LogP contribution >= 0.6 is 11.8 Å². The quantitative estimate of drug-likeness (QED) is 0.784. The van der Waals surface area contributed by atoms with Gasteiger partial charge in [-0.15, -0.1) is 0 Å². The molecular weight excluding hydrogens is 324 g/mol. The summed E-state index contributed by atoms with van der Waals surface area (Å²) in [7, 11) is 1.61. The number of aromatic nitrogens is 2. The molecule has 7 heteroatoms. The molecule has 6 nitrogen and oxygen atoms in total. The Kier molecular flexibility index (Phi) is 5.40. The number of ether oxygens (including phenoxy) is 1. The number of H-pyrrole nitrogens is 1. The molecule has 24 heavy (non-hydrogen) atoms. The summed E-state index contributed by atoms with van der Waals surface area (Å²) in [5.41, 5.74) is 0.788. The second-order valence-corrected chi connectivity index (χ2v) is 7.47. The van der Waals surface area contributed by atoms with E-state index >= 15 is 0 Å². The minimum absolute atomic E-state index is 0.0160. The number of fused-ring (bicyclic) bond motifs is 1. The van der Waals surface area contributed by atoms with Crippen molar-refractivity contribution in [3.63, 3.8) is 0 Å². The van der Waals surface area contributed by atoms with E-state index in [0.717, 1.165) is 16.8 Å². The molecule has 0 bridgehead atoms. The summed E-state index contributed by atoms with van der Waals surface area (Å²) >= 11 is 1.32. The Morgan fingerprint density at radius 3 is 2.75 bits per heavy atom. The summed E-state index contributed by atoms with van der Waals surface area (Å²) in [6.45, 7) is 7.36. The fourth-order valence-electron chi connectivity index (χ4n) is 2.03. The van der Waals surface area contributed by atoms with Gasteiger partial charge >= 0.3 is 0 Å². The lowest BCUT2D eigenvalue weighted by molar-refractivity contribution is -0.121. The molecule has 0 aliphatic heterocycles. The standard InChI is InChI=1S/C17H22N4O2S/c1-10(2)17(4,9-18)21-15(22)11(3)24-16-19-13-7-6-12(23-5)8-14(13)20-16/h6-8,10-11H,1-5H3,(H,19,20)(H,21,22). The second kappa shape index (κ2) is 7.14. The molecule has 0 aliphatic carbocycles. The van der Waals surface area contributed by atoms with Crippen LogP contribution in [0.3, 0.4) is 0 Å². The minimum atomic E-state index is -0.882. The van der Waals surface area contributed by atoms with Crippen LogP contribution in [0.2, 0.25) is 0 Å². The molecule has 0 aliphatic rings. The number of nitrogens with zero attached hydrogens (tertiary/aromatic N) is 2. The summed E-state index contributed by atoms with van der Waals surface area (Å²) in [6, 6.07) is 7.75. The number of hydrogen-bond acceptors (Lipinski definition) is 5. The summed E-state index contributed by atoms with van der Waals surface area (Å²) in [5, 5.41) is 12.4. The molecular formula is C17H22N4O2S. The van der Waals surface area contributed by atoms with E-state index in [1.54, 1.807) is 21.0 Å². The van der Waals surface area contributed by atoms with E-state index in [2.05, 4.69) is 21.4 Å². The highest BCUT2D eigenvalue weighted by Crippen LogP contribution is 2.26. The van der Waals surface area contributed by atoms with Gasteiger partial charge in [0, 0.05) is 6.07 Å². The zero-order valence-electron chi connectivity index (χ0n) is 14.5. The van der Waals surface area contributed by atoms with Crippen LogP contribution in [0.4, 0.5) is 0 Å². The van der Waals surface area contributed by atoms with Gasteiger partial charge in [0.05, 0.1) is 29.5 Å². The van der Waals surface area contributed by atoms with Crippen molar-refractivity contribution in [3.8, 4) is 11.8 Å². The van der Waals surface area contributed by atoms with Crippen molar-refractivity contribution >= 4 is 28.7 Å². The molecule has 0 saturated heterocycles. The molecule has 0 fully saturated rings. The Bertz CT molecular complexity index is 780. The topological polar surface area (TPSA) is 90.8 Å². The average Bonchev–Trinajstić information content (AvgIpc) is 2.95. The van der Waals surface area contributed by atoms with Gasteiger partial charge in [-0.3, -0.25) is 4.79 Å². The maximum Gasteiger partial charge on any atom is 0.234 e. The zero-order valence-corrected chi connectivity index (χ0v) is 15.3. The number of nitriles is 1. The summed E-state index contributed by atoms with van der Waals surface area (Å²) < 4.78 is 5.19. The van der Waals surface area contributed by atoms with E-state index in [1.165, 1.54) is 11.8 Å². The van der Waals surface area contributed by atoms with Crippen molar-refractivity contribution in [1.29, 1.82) is 5.26 Å². The number of carbonyl (C=O) groups excluding carboxylic acids is 1. The van der Waals surface area contributed by atoms with Gasteiger partial charge < -0.3 is 15.0 Å². The van der Waals surface area contributed by atoms with Gasteiger partial charge in [-0.1, -0.05) is 25.6 Å². The fourth-order valence-corrected chi connectivity index (χ4v) is 2.85. The Morgan fingerprint density at radius 2 is 2.17 bits per heavy atom. The van der Waals surface area contributed by atoms with Crippen molar-refractivity contribution in [3.05, 3.63) is 18.2 Å². The number of thioether (sulfide) groups is 1. The monoisotopic (exact) mass is 346 g/mol. The SMILES string of the molecule is COc1ccc2nc(SC(C)C(=O)NC(C)(C#N)C(C)C)[nH]c2c1. The number of benzene rings is 1. The first kappa shape index (κ1) is 18.1. The third kappa shape index (κ3) is 3.82. The van der Waals surface area contributed by atoms with Crippen molar-refractivity contribution in [2.45, 2.75) is 43.6 Å². The molecule has 128 valence electrons. The number of methoxy groups -OCH3 is 1. The smallest absolute Gasteiger partial charge is 0.234 e. The van der Waals surface area contributed by atoms with Gasteiger partial charge in [0.25, 0.3) is 0 Å². The number of rotatable bonds is 6. The van der Waals surface area contributed by atoms with E-state index < -0.39 is 5.54 Å². The Balaban J connectivity index is 2.10. The molecule has 0 radical (unpaired) electrons. The van der Waals surface area contributed by atoms with Gasteiger partial charge in [0.2, 0.25) is 5.91 Å². The molecule has 1 heterocycles. The van der Waals surface area contributed by atoms with Crippen LogP contribution in [0.15, 0.2) is 23.4 Å². The summed E-state index contributed by atoms with van der Waals surface area (Å²) in [6.07, 6.45) is 0. The van der Waals surface area contributed by atoms with E-state index in [4.69, 9.17) is 4.74 Å². The lowest BCUT2D eigenvalue weighted by Crippen LogP contribution is -2.51. The van der Waals surface area contributed by atoms with E-state index in [1.807, 2.05) is 32.0 Å². The summed E-state index contributed by atoms with van der Waals surface area (Å²) in [4.78, 5) is 20.0. The Hall–Kier alpha value is -2.20. The van der Waals surface area contributed by atoms with Gasteiger partial charge in [-0.05, 0) is 31.9 Å². The summed E-state index contributed by atoms with van der Waals surface area (Å²) in [5.74, 6) is 0.577. The highest BCUT2D eigenvalue weighted by atomic mass is 32.2. The van der Waals surface area contributed by atoms with Crippen LogP contribution in [-0.2, 0) is 4.79 Å². The first-order chi connectivity index (χ1) is 11.3. The third-order valence-electron chi connectivity index (χ3n) is 4.09. The lowest BCUT2D eigenvalue weighted by atomic mass is 9.90. The fraction of sp³-hybridized carbons (Fsp3) is 0.471. The first-order valence-corrected chi connectivity index (χ1v) is 8.60. The molecule has 2 N–H and O–H groups in total. The van der Waals surface area contributed by atoms with E-state index in [0.29, 0.717) is 5.16 Å². The van der Waals surface area contributed by atoms with Crippen molar-refractivity contribution < 1.29 is 9.53 Å². The van der Waals surface area contributed by atoms with Gasteiger partial charge in [0.1, 0.15) is 11.3 Å². The predicted molar refractivity (Wildman–Crippen MR) is 95.0 cm³/mol. The molecule has 1 amide bonds. The number of amides is 1. The van der Waals surface area contributed by atoms with Crippen LogP contribution in [0, 0.1) is 17.2 Å². The molecule has 1 aromatic carbocycles. The highest BCUT2D eigenvalue weighted by Gasteiger charge is 2.32. The largest absolute Gasteiger partial charge is 0.497 e. The first-order valence-electron chi connectivity index (χ1n) is 7.72. The number of nitrogens with one attached hydrogen (secondary N) is 2. The van der Waals surface area contributed by atoms with Crippen LogP contribution in [0.5, 0.6) is 5.75 Å². The Morgan fingerprint density at radius 1 is 1.46 bits per heavy atom. The molecule has 0 saturated carbocycles. The number of hydrogen-bond donors (Lipinski definition) is 2. The van der Waals surface area contributed by atoms with Crippen LogP contribution in [0.1, 0.15) is 27.7 Å². The second-order valence-electron chi connectivity index (χ2n) is 6.14. The number of carbonyl (C=O) groups is 1. The van der Waals surface area contributed by atoms with E-state index in [-0.39, 0.29) is 17.1 Å². The van der Waals surface area contributed by atoms with Gasteiger partial charge in [-0.2, -0.15) is 5.26 Å². The maximum atomic E-state index is 12.4. The number of aromatic amines is 1. The molecule has 2 aromatic rings. The maximum absolute atomic E-state index is 12.4. The van der Waals surface area contributed by atoms with Gasteiger partial charge in [-0.25, -0.2) is 4.98 Å². The highest BCUT2D eigenvalue weighted by molar-refractivity contribution is 8.00. The molecule has 0 spiro atoms. The molecule has 1 aromatic heterocycles. The zero-order chi connectivity index (χ0) is 17.9. The van der Waals surface area contributed by atoms with Gasteiger partial charge in [0.15, 0.2) is 5.16 Å². The lowest BCUT2D eigenvalue weighted by Gasteiger charge is -2.28. The third-order valence-corrected chi connectivity index (χ3v) is 5.08. The van der Waals surface area contributed by atoms with Crippen molar-refractivity contribution in [2.24, 2.45) is 5.92 Å². The molecule has 2 unspecified atom stereocenters. The molecule has 2 rings (SSSR count).